The van der Waals surface area contributed by atoms with E-state index in [2.05, 4.69) is 25.6 Å². The standard InChI is InChI=1S/C17H16ClN5/c18-14-6-4-13(5-7-14)11-22-17-20-10-8-16(23-17)21-12-15-3-1-2-9-19-15/h1-10H,11-12H2,(H2,20,21,22,23). The molecule has 5 nitrogen and oxygen atoms in total. The van der Waals surface area contributed by atoms with Crippen LogP contribution in [0.4, 0.5) is 11.8 Å². The van der Waals surface area contributed by atoms with Crippen LogP contribution in [0.5, 0.6) is 0 Å². The average Bonchev–Trinajstić information content (AvgIpc) is 2.61. The molecule has 0 bridgehead atoms. The van der Waals surface area contributed by atoms with Crippen LogP contribution < -0.4 is 10.6 Å². The van der Waals surface area contributed by atoms with E-state index < -0.39 is 0 Å². The summed E-state index contributed by atoms with van der Waals surface area (Å²) in [7, 11) is 0. The van der Waals surface area contributed by atoms with Crippen LogP contribution in [0, 0.1) is 0 Å². The molecule has 0 spiro atoms. The lowest BCUT2D eigenvalue weighted by atomic mass is 10.2. The van der Waals surface area contributed by atoms with Crippen LogP contribution >= 0.6 is 11.6 Å². The van der Waals surface area contributed by atoms with Crippen LogP contribution in [0.25, 0.3) is 0 Å². The zero-order valence-electron chi connectivity index (χ0n) is 12.4. The number of aromatic nitrogens is 3. The van der Waals surface area contributed by atoms with E-state index in [-0.39, 0.29) is 0 Å². The summed E-state index contributed by atoms with van der Waals surface area (Å²) in [6.07, 6.45) is 3.49. The van der Waals surface area contributed by atoms with Crippen molar-refractivity contribution in [2.45, 2.75) is 13.1 Å². The molecule has 2 N–H and O–H groups in total. The van der Waals surface area contributed by atoms with Crippen LogP contribution in [0.15, 0.2) is 60.9 Å². The van der Waals surface area contributed by atoms with Gasteiger partial charge in [-0.25, -0.2) is 4.98 Å². The fourth-order valence-electron chi connectivity index (χ4n) is 2.01. The van der Waals surface area contributed by atoms with E-state index >= 15 is 0 Å². The molecule has 0 radical (unpaired) electrons. The van der Waals surface area contributed by atoms with E-state index in [0.717, 1.165) is 22.1 Å². The normalized spacial score (nSPS) is 10.3. The molecule has 6 heteroatoms. The number of benzene rings is 1. The molecule has 1 aromatic carbocycles. The first-order chi connectivity index (χ1) is 11.3. The van der Waals surface area contributed by atoms with Crippen molar-refractivity contribution in [2.75, 3.05) is 10.6 Å². The summed E-state index contributed by atoms with van der Waals surface area (Å²) in [6.45, 7) is 1.26. The van der Waals surface area contributed by atoms with Crippen LogP contribution in [-0.4, -0.2) is 15.0 Å². The second kappa shape index (κ2) is 7.56. The minimum absolute atomic E-state index is 0.575. The maximum Gasteiger partial charge on any atom is 0.224 e. The predicted molar refractivity (Wildman–Crippen MR) is 92.4 cm³/mol. The monoisotopic (exact) mass is 325 g/mol. The zero-order valence-corrected chi connectivity index (χ0v) is 13.2. The zero-order chi connectivity index (χ0) is 15.9. The maximum absolute atomic E-state index is 5.88. The van der Waals surface area contributed by atoms with Crippen molar-refractivity contribution < 1.29 is 0 Å². The van der Waals surface area contributed by atoms with Crippen LogP contribution in [0.3, 0.4) is 0 Å². The van der Waals surface area contributed by atoms with Crippen molar-refractivity contribution >= 4 is 23.4 Å². The highest BCUT2D eigenvalue weighted by Gasteiger charge is 2.00. The van der Waals surface area contributed by atoms with Crippen molar-refractivity contribution in [3.05, 3.63) is 77.2 Å². The number of nitrogens with zero attached hydrogens (tertiary/aromatic N) is 3. The summed E-state index contributed by atoms with van der Waals surface area (Å²) >= 11 is 5.88. The number of halogens is 1. The molecule has 116 valence electrons. The van der Waals surface area contributed by atoms with E-state index in [1.807, 2.05) is 48.5 Å². The molecule has 2 heterocycles. The smallest absolute Gasteiger partial charge is 0.224 e. The van der Waals surface area contributed by atoms with Gasteiger partial charge in [0.2, 0.25) is 5.95 Å². The average molecular weight is 326 g/mol. The summed E-state index contributed by atoms with van der Waals surface area (Å²) < 4.78 is 0. The molecule has 0 amide bonds. The molecule has 0 fully saturated rings. The molecule has 0 saturated carbocycles. The second-order valence-electron chi connectivity index (χ2n) is 4.92. The Bertz CT molecular complexity index is 746. The number of anilines is 2. The molecule has 3 rings (SSSR count). The first-order valence-corrected chi connectivity index (χ1v) is 7.62. The van der Waals surface area contributed by atoms with Crippen LogP contribution in [-0.2, 0) is 13.1 Å². The number of nitrogens with one attached hydrogen (secondary N) is 2. The molecule has 0 unspecified atom stereocenters. The minimum atomic E-state index is 0.575. The van der Waals surface area contributed by atoms with E-state index in [9.17, 15) is 0 Å². The maximum atomic E-state index is 5.88. The van der Waals surface area contributed by atoms with Gasteiger partial charge >= 0.3 is 0 Å². The molecular formula is C17H16ClN5. The molecule has 0 saturated heterocycles. The van der Waals surface area contributed by atoms with Gasteiger partial charge in [0, 0.05) is 24.0 Å². The van der Waals surface area contributed by atoms with Gasteiger partial charge in [-0.3, -0.25) is 4.98 Å². The fourth-order valence-corrected chi connectivity index (χ4v) is 2.14. The topological polar surface area (TPSA) is 62.7 Å². The van der Waals surface area contributed by atoms with Gasteiger partial charge in [-0.2, -0.15) is 4.98 Å². The molecule has 3 aromatic rings. The van der Waals surface area contributed by atoms with E-state index in [1.165, 1.54) is 0 Å². The molecule has 0 aliphatic carbocycles. The quantitative estimate of drug-likeness (QED) is 0.722. The summed E-state index contributed by atoms with van der Waals surface area (Å²) in [5.74, 6) is 1.33. The van der Waals surface area contributed by atoms with Gasteiger partial charge in [-0.15, -0.1) is 0 Å². The highest BCUT2D eigenvalue weighted by molar-refractivity contribution is 6.30. The third kappa shape index (κ3) is 4.66. The molecule has 0 atom stereocenters. The largest absolute Gasteiger partial charge is 0.364 e. The summed E-state index contributed by atoms with van der Waals surface area (Å²) in [6, 6.07) is 15.3. The van der Waals surface area contributed by atoms with Crippen molar-refractivity contribution in [1.82, 2.24) is 15.0 Å². The van der Waals surface area contributed by atoms with Gasteiger partial charge in [-0.05, 0) is 35.9 Å². The highest BCUT2D eigenvalue weighted by Crippen LogP contribution is 2.12. The Morgan fingerprint density at radius 3 is 2.48 bits per heavy atom. The lowest BCUT2D eigenvalue weighted by Crippen LogP contribution is -2.07. The summed E-state index contributed by atoms with van der Waals surface area (Å²) in [5, 5.41) is 7.16. The lowest BCUT2D eigenvalue weighted by molar-refractivity contribution is 1.01. The summed E-state index contributed by atoms with van der Waals surface area (Å²) in [4.78, 5) is 12.9. The van der Waals surface area contributed by atoms with Gasteiger partial charge in [0.05, 0.1) is 12.2 Å². The Kier molecular flexibility index (Phi) is 5.01. The van der Waals surface area contributed by atoms with Crippen LogP contribution in [0.2, 0.25) is 5.02 Å². The van der Waals surface area contributed by atoms with E-state index in [0.29, 0.717) is 19.0 Å². The predicted octanol–water partition coefficient (Wildman–Crippen LogP) is 3.75. The molecule has 0 aliphatic heterocycles. The molecule has 23 heavy (non-hydrogen) atoms. The SMILES string of the molecule is Clc1ccc(CNc2nccc(NCc3ccccn3)n2)cc1. The van der Waals surface area contributed by atoms with Gasteiger partial charge in [0.1, 0.15) is 5.82 Å². The Morgan fingerprint density at radius 1 is 0.826 bits per heavy atom. The van der Waals surface area contributed by atoms with E-state index in [4.69, 9.17) is 11.6 Å². The Balaban J connectivity index is 1.57. The number of hydrogen-bond donors (Lipinski definition) is 2. The third-order valence-corrected chi connectivity index (χ3v) is 3.45. The van der Waals surface area contributed by atoms with Crippen molar-refractivity contribution in [2.24, 2.45) is 0 Å². The van der Waals surface area contributed by atoms with E-state index in [1.54, 1.807) is 12.4 Å². The Morgan fingerprint density at radius 2 is 1.70 bits per heavy atom. The van der Waals surface area contributed by atoms with Gasteiger partial charge < -0.3 is 10.6 Å². The Hall–Kier alpha value is -2.66. The first-order valence-electron chi connectivity index (χ1n) is 7.25. The summed E-state index contributed by atoms with van der Waals surface area (Å²) in [5.41, 5.74) is 2.08. The minimum Gasteiger partial charge on any atom is -0.364 e. The highest BCUT2D eigenvalue weighted by atomic mass is 35.5. The molecular weight excluding hydrogens is 310 g/mol. The fraction of sp³-hybridized carbons (Fsp3) is 0.118. The number of rotatable bonds is 6. The molecule has 0 aliphatic rings. The Labute approximate surface area is 139 Å². The molecule has 2 aromatic heterocycles. The van der Waals surface area contributed by atoms with Crippen molar-refractivity contribution in [3.63, 3.8) is 0 Å². The van der Waals surface area contributed by atoms with Crippen LogP contribution in [0.1, 0.15) is 11.3 Å². The first kappa shape index (κ1) is 15.2. The van der Waals surface area contributed by atoms with Gasteiger partial charge in [0.15, 0.2) is 0 Å². The second-order valence-corrected chi connectivity index (χ2v) is 5.36. The van der Waals surface area contributed by atoms with Crippen molar-refractivity contribution in [3.8, 4) is 0 Å². The lowest BCUT2D eigenvalue weighted by Gasteiger charge is -2.08. The number of hydrogen-bond acceptors (Lipinski definition) is 5. The van der Waals surface area contributed by atoms with Gasteiger partial charge in [-0.1, -0.05) is 29.8 Å². The van der Waals surface area contributed by atoms with Gasteiger partial charge in [0.25, 0.3) is 0 Å². The third-order valence-electron chi connectivity index (χ3n) is 3.20. The van der Waals surface area contributed by atoms with Crippen molar-refractivity contribution in [1.29, 1.82) is 0 Å². The number of pyridine rings is 1.